The van der Waals surface area contributed by atoms with Crippen LogP contribution in [0.15, 0.2) is 82.2 Å². The van der Waals surface area contributed by atoms with Gasteiger partial charge in [0.05, 0.1) is 10.6 Å². The third-order valence-electron chi connectivity index (χ3n) is 4.86. The average Bonchev–Trinajstić information content (AvgIpc) is 2.74. The molecule has 1 N–H and O–H groups in total. The number of hydrogen-bond acceptors (Lipinski definition) is 3. The maximum absolute atomic E-state index is 13.2. The lowest BCUT2D eigenvalue weighted by atomic mass is 10.0. The van der Waals surface area contributed by atoms with Crippen molar-refractivity contribution in [2.75, 3.05) is 16.2 Å². The van der Waals surface area contributed by atoms with E-state index in [0.717, 1.165) is 22.9 Å². The van der Waals surface area contributed by atoms with Crippen molar-refractivity contribution in [3.05, 3.63) is 88.4 Å². The molecule has 0 fully saturated rings. The number of rotatable bonds is 4. The number of carbonyl (C=O) groups excluding carboxylic acids is 1. The Hall–Kier alpha value is -2.64. The molecule has 1 amide bonds. The minimum absolute atomic E-state index is 0.245. The minimum atomic E-state index is -3.66. The number of hydrogen-bond donors (Lipinski definition) is 1. The fourth-order valence-corrected chi connectivity index (χ4v) is 5.21. The number of sulfonamides is 1. The molecule has 3 aromatic carbocycles. The van der Waals surface area contributed by atoms with E-state index in [1.54, 1.807) is 60.7 Å². The van der Waals surface area contributed by atoms with Crippen LogP contribution in [0, 0.1) is 0 Å². The van der Waals surface area contributed by atoms with Crippen molar-refractivity contribution in [3.8, 4) is 0 Å². The fourth-order valence-electron chi connectivity index (χ4n) is 3.39. The summed E-state index contributed by atoms with van der Waals surface area (Å²) in [4.78, 5) is 12.8. The van der Waals surface area contributed by atoms with Gasteiger partial charge in [0.1, 0.15) is 0 Å². The Balaban J connectivity index is 1.65. The highest BCUT2D eigenvalue weighted by Gasteiger charge is 2.29. The minimum Gasteiger partial charge on any atom is -0.322 e. The van der Waals surface area contributed by atoms with E-state index in [0.29, 0.717) is 23.5 Å². The third kappa shape index (κ3) is 4.06. The lowest BCUT2D eigenvalue weighted by Crippen LogP contribution is -2.35. The molecule has 0 bridgehead atoms. The number of aryl methyl sites for hydroxylation is 1. The van der Waals surface area contributed by atoms with Crippen LogP contribution in [-0.4, -0.2) is 20.9 Å². The molecule has 7 heteroatoms. The summed E-state index contributed by atoms with van der Waals surface area (Å²) in [5, 5.41) is 2.86. The molecule has 0 saturated heterocycles. The van der Waals surface area contributed by atoms with Crippen LogP contribution < -0.4 is 9.62 Å². The van der Waals surface area contributed by atoms with E-state index < -0.39 is 10.0 Å². The Morgan fingerprint density at radius 2 is 1.69 bits per heavy atom. The first kappa shape index (κ1) is 19.7. The number of nitrogens with zero attached hydrogens (tertiary/aromatic N) is 1. The Kier molecular flexibility index (Phi) is 5.43. The summed E-state index contributed by atoms with van der Waals surface area (Å²) >= 11 is 3.35. The van der Waals surface area contributed by atoms with Gasteiger partial charge in [-0.2, -0.15) is 0 Å². The fraction of sp³-hybridized carbons (Fsp3) is 0.136. The molecule has 1 aliphatic heterocycles. The summed E-state index contributed by atoms with van der Waals surface area (Å²) in [7, 11) is -3.66. The number of halogens is 1. The van der Waals surface area contributed by atoms with Gasteiger partial charge in [-0.3, -0.25) is 9.10 Å². The van der Waals surface area contributed by atoms with Crippen LogP contribution in [0.5, 0.6) is 0 Å². The second-order valence-electron chi connectivity index (χ2n) is 6.80. The van der Waals surface area contributed by atoms with E-state index in [-0.39, 0.29) is 10.8 Å². The molecule has 5 nitrogen and oxygen atoms in total. The molecule has 0 spiro atoms. The summed E-state index contributed by atoms with van der Waals surface area (Å²) in [6.45, 7) is 0.411. The van der Waals surface area contributed by atoms with Gasteiger partial charge < -0.3 is 5.32 Å². The summed E-state index contributed by atoms with van der Waals surface area (Å²) in [5.41, 5.74) is 2.66. The molecule has 3 aromatic rings. The zero-order chi connectivity index (χ0) is 20.4. The maximum Gasteiger partial charge on any atom is 0.264 e. The largest absolute Gasteiger partial charge is 0.322 e. The predicted octanol–water partition coefficient (Wildman–Crippen LogP) is 4.84. The predicted molar refractivity (Wildman–Crippen MR) is 118 cm³/mol. The Morgan fingerprint density at radius 1 is 0.966 bits per heavy atom. The van der Waals surface area contributed by atoms with Gasteiger partial charge in [0.15, 0.2) is 0 Å². The van der Waals surface area contributed by atoms with Gasteiger partial charge >= 0.3 is 0 Å². The third-order valence-corrected chi connectivity index (χ3v) is 7.21. The average molecular weight is 471 g/mol. The second-order valence-corrected chi connectivity index (χ2v) is 9.58. The number of amides is 1. The first-order valence-electron chi connectivity index (χ1n) is 9.23. The topological polar surface area (TPSA) is 66.5 Å². The molecule has 0 atom stereocenters. The van der Waals surface area contributed by atoms with Crippen LogP contribution in [-0.2, 0) is 16.4 Å². The van der Waals surface area contributed by atoms with Crippen LogP contribution in [0.3, 0.4) is 0 Å². The molecule has 0 saturated carbocycles. The SMILES string of the molecule is O=C(Nc1ccc2c(c1)N(S(=O)(=O)c1ccccc1)CCC2)c1ccc(Br)cc1. The van der Waals surface area contributed by atoms with Crippen LogP contribution in [0.2, 0.25) is 0 Å². The van der Waals surface area contributed by atoms with E-state index in [4.69, 9.17) is 0 Å². The standard InChI is InChI=1S/C22H19BrN2O3S/c23-18-11-8-17(9-12-18)22(26)24-19-13-10-16-5-4-14-25(21(16)15-19)29(27,28)20-6-2-1-3-7-20/h1-3,6-13,15H,4-5,14H2,(H,24,26). The molecule has 29 heavy (non-hydrogen) atoms. The van der Waals surface area contributed by atoms with Crippen molar-refractivity contribution in [2.45, 2.75) is 17.7 Å². The van der Waals surface area contributed by atoms with Gasteiger partial charge in [-0.1, -0.05) is 40.2 Å². The molecule has 0 radical (unpaired) electrons. The zero-order valence-corrected chi connectivity index (χ0v) is 17.9. The van der Waals surface area contributed by atoms with E-state index in [9.17, 15) is 13.2 Å². The molecular formula is C22H19BrN2O3S. The van der Waals surface area contributed by atoms with Crippen molar-refractivity contribution in [3.63, 3.8) is 0 Å². The maximum atomic E-state index is 13.2. The molecule has 148 valence electrons. The normalized spacial score (nSPS) is 13.6. The number of carbonyl (C=O) groups is 1. The number of anilines is 2. The molecule has 0 aliphatic carbocycles. The molecular weight excluding hydrogens is 452 g/mol. The Labute approximate surface area is 178 Å². The van der Waals surface area contributed by atoms with Crippen molar-refractivity contribution in [2.24, 2.45) is 0 Å². The van der Waals surface area contributed by atoms with Gasteiger partial charge in [-0.05, 0) is 66.9 Å². The van der Waals surface area contributed by atoms with Gasteiger partial charge in [-0.15, -0.1) is 0 Å². The van der Waals surface area contributed by atoms with Crippen molar-refractivity contribution in [1.82, 2.24) is 0 Å². The Morgan fingerprint density at radius 3 is 2.41 bits per heavy atom. The van der Waals surface area contributed by atoms with Crippen LogP contribution in [0.4, 0.5) is 11.4 Å². The summed E-state index contributed by atoms with van der Waals surface area (Å²) in [6.07, 6.45) is 1.56. The smallest absolute Gasteiger partial charge is 0.264 e. The van der Waals surface area contributed by atoms with E-state index in [1.807, 2.05) is 12.1 Å². The number of nitrogens with one attached hydrogen (secondary N) is 1. The molecule has 4 rings (SSSR count). The monoisotopic (exact) mass is 470 g/mol. The molecule has 0 unspecified atom stereocenters. The zero-order valence-electron chi connectivity index (χ0n) is 15.5. The van der Waals surface area contributed by atoms with E-state index in [1.165, 1.54) is 4.31 Å². The quantitative estimate of drug-likeness (QED) is 0.592. The van der Waals surface area contributed by atoms with Crippen molar-refractivity contribution in [1.29, 1.82) is 0 Å². The second kappa shape index (κ2) is 8.00. The highest BCUT2D eigenvalue weighted by Crippen LogP contribution is 2.34. The van der Waals surface area contributed by atoms with Crippen molar-refractivity contribution < 1.29 is 13.2 Å². The summed E-state index contributed by atoms with van der Waals surface area (Å²) in [6, 6.07) is 20.9. The first-order chi connectivity index (χ1) is 13.9. The first-order valence-corrected chi connectivity index (χ1v) is 11.5. The Bertz CT molecular complexity index is 1150. The number of benzene rings is 3. The van der Waals surface area contributed by atoms with Crippen LogP contribution in [0.1, 0.15) is 22.3 Å². The highest BCUT2D eigenvalue weighted by atomic mass is 79.9. The van der Waals surface area contributed by atoms with Crippen LogP contribution >= 0.6 is 15.9 Å². The lowest BCUT2D eigenvalue weighted by Gasteiger charge is -2.31. The highest BCUT2D eigenvalue weighted by molar-refractivity contribution is 9.10. The van der Waals surface area contributed by atoms with E-state index >= 15 is 0 Å². The van der Waals surface area contributed by atoms with Gasteiger partial charge in [0.25, 0.3) is 15.9 Å². The van der Waals surface area contributed by atoms with E-state index in [2.05, 4.69) is 21.2 Å². The molecule has 1 aliphatic rings. The molecule has 0 aromatic heterocycles. The van der Waals surface area contributed by atoms with Crippen LogP contribution in [0.25, 0.3) is 0 Å². The molecule has 1 heterocycles. The van der Waals surface area contributed by atoms with Gasteiger partial charge in [0.2, 0.25) is 0 Å². The summed E-state index contributed by atoms with van der Waals surface area (Å²) < 4.78 is 28.7. The number of fused-ring (bicyclic) bond motifs is 1. The van der Waals surface area contributed by atoms with Crippen molar-refractivity contribution >= 4 is 43.2 Å². The summed E-state index contributed by atoms with van der Waals surface area (Å²) in [5.74, 6) is -0.245. The lowest BCUT2D eigenvalue weighted by molar-refractivity contribution is 0.102. The van der Waals surface area contributed by atoms with Gasteiger partial charge in [0, 0.05) is 22.3 Å². The van der Waals surface area contributed by atoms with Gasteiger partial charge in [-0.25, -0.2) is 8.42 Å².